The highest BCUT2D eigenvalue weighted by Crippen LogP contribution is 2.53. The average Bonchev–Trinajstić information content (AvgIpc) is 2.61. The molecular formula is C15H21N4O7PS. The van der Waals surface area contributed by atoms with E-state index in [-0.39, 0.29) is 29.1 Å². The monoisotopic (exact) mass is 432 g/mol. The Hall–Kier alpha value is -2.43. The maximum Gasteiger partial charge on any atom is 0.435 e. The first-order chi connectivity index (χ1) is 13.1. The van der Waals surface area contributed by atoms with Gasteiger partial charge in [0.2, 0.25) is 11.5 Å². The Kier molecular flexibility index (Phi) is 6.81. The van der Waals surface area contributed by atoms with Crippen molar-refractivity contribution in [1.29, 1.82) is 0 Å². The molecule has 13 heteroatoms. The van der Waals surface area contributed by atoms with E-state index in [0.29, 0.717) is 0 Å². The van der Waals surface area contributed by atoms with Crippen molar-refractivity contribution in [1.82, 2.24) is 19.6 Å². The summed E-state index contributed by atoms with van der Waals surface area (Å²) in [5.74, 6) is -0.329. The molecule has 0 spiro atoms. The van der Waals surface area contributed by atoms with Crippen LogP contribution in [0.25, 0.3) is 0 Å². The SMILES string of the molecule is COc1c(OP(=S)(Oc2cnn(C)c(=O)c2OC)OC(C)C)cnn(C)c1=O. The van der Waals surface area contributed by atoms with Crippen LogP contribution in [0, 0.1) is 0 Å². The Balaban J connectivity index is 2.51. The normalized spacial score (nSPS) is 11.4. The molecule has 0 saturated heterocycles. The van der Waals surface area contributed by atoms with Crippen LogP contribution in [-0.2, 0) is 30.4 Å². The lowest BCUT2D eigenvalue weighted by Gasteiger charge is -2.25. The van der Waals surface area contributed by atoms with Crippen LogP contribution < -0.4 is 29.6 Å². The van der Waals surface area contributed by atoms with Crippen LogP contribution in [0.3, 0.4) is 0 Å². The van der Waals surface area contributed by atoms with E-state index in [1.54, 1.807) is 13.8 Å². The van der Waals surface area contributed by atoms with Crippen LogP contribution in [-0.4, -0.2) is 39.9 Å². The predicted octanol–water partition coefficient (Wildman–Crippen LogP) is 0.998. The zero-order chi connectivity index (χ0) is 21.1. The van der Waals surface area contributed by atoms with E-state index >= 15 is 0 Å². The minimum absolute atomic E-state index is 0.0506. The number of ether oxygens (including phenoxy) is 2. The maximum atomic E-state index is 12.2. The fraction of sp³-hybridized carbons (Fsp3) is 0.467. The third-order valence-corrected chi connectivity index (χ3v) is 5.51. The second-order valence-electron chi connectivity index (χ2n) is 5.73. The topological polar surface area (TPSA) is 116 Å². The van der Waals surface area contributed by atoms with Crippen molar-refractivity contribution < 1.29 is 23.0 Å². The van der Waals surface area contributed by atoms with E-state index in [9.17, 15) is 9.59 Å². The molecule has 0 aromatic carbocycles. The van der Waals surface area contributed by atoms with Crippen LogP contribution in [0.5, 0.6) is 23.0 Å². The molecule has 28 heavy (non-hydrogen) atoms. The molecule has 0 bridgehead atoms. The van der Waals surface area contributed by atoms with Gasteiger partial charge in [-0.15, -0.1) is 0 Å². The van der Waals surface area contributed by atoms with Gasteiger partial charge in [-0.25, -0.2) is 9.36 Å². The van der Waals surface area contributed by atoms with Crippen LogP contribution in [0.2, 0.25) is 0 Å². The minimum Gasteiger partial charge on any atom is -0.488 e. The lowest BCUT2D eigenvalue weighted by Crippen LogP contribution is -2.23. The summed E-state index contributed by atoms with van der Waals surface area (Å²) in [5, 5.41) is 7.77. The number of methoxy groups -OCH3 is 2. The largest absolute Gasteiger partial charge is 0.488 e. The smallest absolute Gasteiger partial charge is 0.435 e. The highest BCUT2D eigenvalue weighted by Gasteiger charge is 2.31. The Labute approximate surface area is 166 Å². The van der Waals surface area contributed by atoms with E-state index in [4.69, 9.17) is 34.9 Å². The van der Waals surface area contributed by atoms with Crippen LogP contribution >= 0.6 is 6.72 Å². The summed E-state index contributed by atoms with van der Waals surface area (Å²) in [7, 11) is 5.54. The van der Waals surface area contributed by atoms with Crippen molar-refractivity contribution >= 4 is 18.5 Å². The van der Waals surface area contributed by atoms with Crippen molar-refractivity contribution in [3.05, 3.63) is 33.1 Å². The summed E-state index contributed by atoms with van der Waals surface area (Å²) < 4.78 is 29.5. The maximum absolute atomic E-state index is 12.2. The molecule has 0 aliphatic heterocycles. The summed E-state index contributed by atoms with van der Waals surface area (Å²) in [6.45, 7) is -0.115. The van der Waals surface area contributed by atoms with Gasteiger partial charge in [-0.3, -0.25) is 14.1 Å². The molecule has 0 aliphatic rings. The quantitative estimate of drug-likeness (QED) is 0.559. The summed E-state index contributed by atoms with van der Waals surface area (Å²) >= 11 is 5.47. The van der Waals surface area contributed by atoms with Crippen molar-refractivity contribution in [2.75, 3.05) is 14.2 Å². The van der Waals surface area contributed by atoms with Crippen LogP contribution in [0.4, 0.5) is 0 Å². The number of hydrogen-bond acceptors (Lipinski definition) is 10. The molecule has 154 valence electrons. The lowest BCUT2D eigenvalue weighted by molar-refractivity contribution is 0.202. The highest BCUT2D eigenvalue weighted by molar-refractivity contribution is 8.07. The molecule has 0 fully saturated rings. The molecule has 0 N–H and O–H groups in total. The standard InChI is InChI=1S/C15H21N4O7PS/c1-9(2)24-27(28,25-10-7-16-18(3)14(20)12(10)22-5)26-11-8-17-19(4)15(21)13(11)23-6/h7-9H,1-6H3. The minimum atomic E-state index is -3.57. The summed E-state index contributed by atoms with van der Waals surface area (Å²) in [6, 6.07) is 0. The number of rotatable bonds is 8. The molecule has 0 radical (unpaired) electrons. The Morgan fingerprint density at radius 1 is 0.929 bits per heavy atom. The van der Waals surface area contributed by atoms with Crippen molar-refractivity contribution in [3.8, 4) is 23.0 Å². The molecular weight excluding hydrogens is 411 g/mol. The second kappa shape index (κ2) is 8.72. The van der Waals surface area contributed by atoms with E-state index in [1.165, 1.54) is 40.7 Å². The molecule has 0 saturated carbocycles. The molecule has 2 heterocycles. The van der Waals surface area contributed by atoms with Gasteiger partial charge in [-0.2, -0.15) is 10.2 Å². The molecule has 11 nitrogen and oxygen atoms in total. The summed E-state index contributed by atoms with van der Waals surface area (Å²) in [5.41, 5.74) is -1.06. The van der Waals surface area contributed by atoms with Gasteiger partial charge < -0.3 is 18.5 Å². The zero-order valence-electron chi connectivity index (χ0n) is 16.2. The van der Waals surface area contributed by atoms with E-state index in [0.717, 1.165) is 9.36 Å². The Morgan fingerprint density at radius 3 is 1.64 bits per heavy atom. The highest BCUT2D eigenvalue weighted by atomic mass is 32.5. The third kappa shape index (κ3) is 4.70. The van der Waals surface area contributed by atoms with E-state index in [2.05, 4.69) is 10.2 Å². The van der Waals surface area contributed by atoms with E-state index in [1.807, 2.05) is 0 Å². The first-order valence-electron chi connectivity index (χ1n) is 8.00. The van der Waals surface area contributed by atoms with Gasteiger partial charge >= 0.3 is 17.8 Å². The molecule has 0 amide bonds. The molecule has 0 unspecified atom stereocenters. The zero-order valence-corrected chi connectivity index (χ0v) is 17.9. The molecule has 2 aromatic heterocycles. The van der Waals surface area contributed by atoms with E-state index < -0.39 is 17.8 Å². The molecule has 2 aromatic rings. The number of aryl methyl sites for hydroxylation is 2. The lowest BCUT2D eigenvalue weighted by atomic mass is 10.5. The van der Waals surface area contributed by atoms with Gasteiger partial charge in [-0.05, 0) is 13.8 Å². The second-order valence-corrected chi connectivity index (χ2v) is 8.54. The van der Waals surface area contributed by atoms with Crippen LogP contribution in [0.1, 0.15) is 13.8 Å². The van der Waals surface area contributed by atoms with Gasteiger partial charge in [0.1, 0.15) is 0 Å². The van der Waals surface area contributed by atoms with Gasteiger partial charge in [0, 0.05) is 25.9 Å². The summed E-state index contributed by atoms with van der Waals surface area (Å²) in [4.78, 5) is 24.4. The van der Waals surface area contributed by atoms with Crippen molar-refractivity contribution in [2.24, 2.45) is 14.1 Å². The molecule has 0 atom stereocenters. The van der Waals surface area contributed by atoms with Gasteiger partial charge in [-0.1, -0.05) is 0 Å². The Morgan fingerprint density at radius 2 is 1.32 bits per heavy atom. The van der Waals surface area contributed by atoms with Crippen molar-refractivity contribution in [2.45, 2.75) is 20.0 Å². The fourth-order valence-corrected chi connectivity index (χ4v) is 4.45. The number of nitrogens with zero attached hydrogens (tertiary/aromatic N) is 4. The average molecular weight is 432 g/mol. The Bertz CT molecular complexity index is 947. The third-order valence-electron chi connectivity index (χ3n) is 3.29. The van der Waals surface area contributed by atoms with Crippen molar-refractivity contribution in [3.63, 3.8) is 0 Å². The molecule has 2 rings (SSSR count). The first-order valence-corrected chi connectivity index (χ1v) is 10.6. The van der Waals surface area contributed by atoms with Gasteiger partial charge in [0.05, 0.1) is 32.7 Å². The fourth-order valence-electron chi connectivity index (χ4n) is 2.07. The van der Waals surface area contributed by atoms with Gasteiger partial charge in [0.25, 0.3) is 0 Å². The molecule has 0 aliphatic carbocycles. The first kappa shape index (κ1) is 21.9. The van der Waals surface area contributed by atoms with Gasteiger partial charge in [0.15, 0.2) is 11.5 Å². The predicted molar refractivity (Wildman–Crippen MR) is 104 cm³/mol. The summed E-state index contributed by atoms with van der Waals surface area (Å²) in [6.07, 6.45) is 2.13. The van der Waals surface area contributed by atoms with Crippen LogP contribution in [0.15, 0.2) is 22.0 Å². The number of aromatic nitrogens is 4. The number of hydrogen-bond donors (Lipinski definition) is 0.